The Morgan fingerprint density at radius 3 is 3.10 bits per heavy atom. The van der Waals surface area contributed by atoms with Gasteiger partial charge in [0.1, 0.15) is 0 Å². The van der Waals surface area contributed by atoms with E-state index >= 15 is 0 Å². The van der Waals surface area contributed by atoms with Gasteiger partial charge >= 0.3 is 89.2 Å². The molecular weight excluding hydrogens is 338 g/mol. The van der Waals surface area contributed by atoms with Crippen LogP contribution in [0.25, 0.3) is 5.65 Å². The Hall–Kier alpha value is 0.158. The first kappa shape index (κ1) is 6.84. The Labute approximate surface area is 88.0 Å². The van der Waals surface area contributed by atoms with Crippen LogP contribution < -0.4 is 0.735 Å². The van der Waals surface area contributed by atoms with Crippen LogP contribution in [-0.2, 0) is 0 Å². The van der Waals surface area contributed by atoms with Gasteiger partial charge < -0.3 is 0 Å². The molecule has 0 atom stereocenters. The zero-order valence-electron chi connectivity index (χ0n) is 5.78. The number of fused-ring (bicyclic) bond motifs is 1. The molecule has 0 bridgehead atoms. The summed E-state index contributed by atoms with van der Waals surface area (Å²) >= 11 is 0.402. The van der Waals surface area contributed by atoms with Crippen LogP contribution in [0.15, 0.2) is 30.6 Å². The molecule has 2 heterocycles. The topological polar surface area (TPSA) is 17.3 Å². The maximum atomic E-state index is 4.38. The first-order valence-electron chi connectivity index (χ1n) is 3.26. The molecule has 2 aromatic rings. The van der Waals surface area contributed by atoms with Crippen molar-refractivity contribution in [3.63, 3.8) is 0 Å². The summed E-state index contributed by atoms with van der Waals surface area (Å²) in [4.78, 5) is 4.38. The summed E-state index contributed by atoms with van der Waals surface area (Å²) in [6.07, 6.45) is 4.14. The van der Waals surface area contributed by atoms with Gasteiger partial charge in [-0.3, -0.25) is 0 Å². The summed E-state index contributed by atoms with van der Waals surface area (Å²) in [7, 11) is 0. The average molecular weight is 344 g/mol. The van der Waals surface area contributed by atoms with Gasteiger partial charge in [-0.25, -0.2) is 0 Å². The predicted molar refractivity (Wildman–Crippen MR) is 36.2 cm³/mol. The van der Waals surface area contributed by atoms with E-state index in [1.807, 2.05) is 24.4 Å². The molecule has 0 spiro atoms. The molecule has 0 aromatic carbocycles. The minimum absolute atomic E-state index is 0.402. The van der Waals surface area contributed by atoms with Crippen molar-refractivity contribution in [1.29, 1.82) is 0 Å². The number of aromatic nitrogens is 2. The standard InChI is InChI=1S/C7H5N2.Ra.H/c1-2-5-9-6-4-8-7(9)3-1;;/h1-3,5-6H;;. The van der Waals surface area contributed by atoms with Gasteiger partial charge in [0.25, 0.3) is 0 Å². The normalized spacial score (nSPS) is 10.3. The van der Waals surface area contributed by atoms with E-state index in [0.29, 0.717) is 42.8 Å². The fraction of sp³-hybridized carbons (Fsp3) is 0. The zero-order valence-corrected chi connectivity index (χ0v) is 14.0. The van der Waals surface area contributed by atoms with E-state index in [9.17, 15) is 0 Å². The predicted octanol–water partition coefficient (Wildman–Crippen LogP) is 0.241. The number of hydrogen-bond donors (Lipinski definition) is 0. The molecule has 0 radical (unpaired) electrons. The molecule has 0 saturated heterocycles. The number of imidazole rings is 1. The van der Waals surface area contributed by atoms with Gasteiger partial charge in [-0.05, 0) is 0 Å². The van der Waals surface area contributed by atoms with Crippen molar-refractivity contribution in [3.8, 4) is 0 Å². The average Bonchev–Trinajstić information content (AvgIpc) is 2.27. The van der Waals surface area contributed by atoms with E-state index < -0.39 is 0 Å². The molecule has 0 aliphatic rings. The fourth-order valence-corrected chi connectivity index (χ4v) is 3.15. The summed E-state index contributed by atoms with van der Waals surface area (Å²) in [5.41, 5.74) is 1.07. The molecule has 0 fully saturated rings. The van der Waals surface area contributed by atoms with E-state index in [1.165, 1.54) is 0.735 Å². The molecule has 2 nitrogen and oxygen atoms in total. The quantitative estimate of drug-likeness (QED) is 0.670. The number of rotatable bonds is 0. The molecule has 0 unspecified atom stereocenters. The molecule has 3 heteroatoms. The van der Waals surface area contributed by atoms with Gasteiger partial charge in [-0.15, -0.1) is 0 Å². The van der Waals surface area contributed by atoms with Crippen LogP contribution in [0.4, 0.5) is 0 Å². The molecule has 0 saturated carbocycles. The fourth-order valence-electron chi connectivity index (χ4n) is 1.06. The Kier molecular flexibility index (Phi) is 1.81. The molecule has 0 N–H and O–H groups in total. The molecular formula is C7H6N2Ra. The second-order valence-corrected chi connectivity index (χ2v) is 6.56. The van der Waals surface area contributed by atoms with E-state index in [2.05, 4.69) is 15.6 Å². The van der Waals surface area contributed by atoms with Gasteiger partial charge in [0, 0.05) is 0 Å². The second-order valence-electron chi connectivity index (χ2n) is 2.35. The van der Waals surface area contributed by atoms with E-state index in [1.54, 1.807) is 0 Å². The van der Waals surface area contributed by atoms with Gasteiger partial charge in [-0.2, -0.15) is 0 Å². The SMILES string of the molecule is [RaH][c]1cn2ccccc2n1. The van der Waals surface area contributed by atoms with Crippen LogP contribution in [0.2, 0.25) is 0 Å². The summed E-state index contributed by atoms with van der Waals surface area (Å²) in [5, 5.41) is 0. The Balaban J connectivity index is 2.88. The third-order valence-corrected chi connectivity index (χ3v) is 3.46. The Bertz CT molecular complexity index is 320. The summed E-state index contributed by atoms with van der Waals surface area (Å²) in [6.45, 7) is 0. The van der Waals surface area contributed by atoms with Crippen molar-refractivity contribution in [2.75, 3.05) is 0 Å². The van der Waals surface area contributed by atoms with Gasteiger partial charge in [0.05, 0.1) is 0 Å². The number of hydrogen-bond acceptors (Lipinski definition) is 1. The zero-order chi connectivity index (χ0) is 6.97. The third kappa shape index (κ3) is 1.14. The van der Waals surface area contributed by atoms with Crippen molar-refractivity contribution < 1.29 is 42.8 Å². The van der Waals surface area contributed by atoms with E-state index in [-0.39, 0.29) is 0 Å². The third-order valence-electron chi connectivity index (χ3n) is 1.48. The molecule has 2 rings (SSSR count). The van der Waals surface area contributed by atoms with Crippen molar-refractivity contribution in [2.45, 2.75) is 0 Å². The van der Waals surface area contributed by atoms with Crippen molar-refractivity contribution in [3.05, 3.63) is 30.6 Å². The van der Waals surface area contributed by atoms with Crippen LogP contribution in [0.5, 0.6) is 0 Å². The van der Waals surface area contributed by atoms with Crippen LogP contribution in [0, 0.1) is 42.8 Å². The van der Waals surface area contributed by atoms with Crippen molar-refractivity contribution in [1.82, 2.24) is 9.38 Å². The summed E-state index contributed by atoms with van der Waals surface area (Å²) in [5.74, 6) is 0. The van der Waals surface area contributed by atoms with Crippen LogP contribution >= 0.6 is 0 Å². The van der Waals surface area contributed by atoms with Gasteiger partial charge in [0.15, 0.2) is 0 Å². The molecule has 46 valence electrons. The molecule has 0 amide bonds. The minimum atomic E-state index is 0.402. The summed E-state index contributed by atoms with van der Waals surface area (Å²) in [6, 6.07) is 6.06. The van der Waals surface area contributed by atoms with Gasteiger partial charge in [-0.1, -0.05) is 0 Å². The van der Waals surface area contributed by atoms with Crippen LogP contribution in [0.3, 0.4) is 0 Å². The van der Waals surface area contributed by atoms with Crippen molar-refractivity contribution in [2.24, 2.45) is 0 Å². The number of nitrogens with zero attached hydrogens (tertiary/aromatic N) is 2. The maximum absolute atomic E-state index is 4.38. The molecule has 0 aliphatic carbocycles. The molecule has 10 heavy (non-hydrogen) atoms. The molecule has 2 aromatic heterocycles. The van der Waals surface area contributed by atoms with Crippen molar-refractivity contribution >= 4 is 6.38 Å². The van der Waals surface area contributed by atoms with E-state index in [0.717, 1.165) is 5.65 Å². The Morgan fingerprint density at radius 2 is 2.30 bits per heavy atom. The first-order valence-corrected chi connectivity index (χ1v) is 7.37. The summed E-state index contributed by atoms with van der Waals surface area (Å²) < 4.78 is 3.36. The van der Waals surface area contributed by atoms with Crippen LogP contribution in [0.1, 0.15) is 0 Å². The Morgan fingerprint density at radius 1 is 1.40 bits per heavy atom. The van der Waals surface area contributed by atoms with E-state index in [4.69, 9.17) is 0 Å². The first-order chi connectivity index (χ1) is 4.86. The van der Waals surface area contributed by atoms with Crippen LogP contribution in [-0.4, -0.2) is 9.38 Å². The number of pyridine rings is 1. The molecule has 0 aliphatic heterocycles. The second kappa shape index (κ2) is 2.65. The monoisotopic (exact) mass is 344 g/mol. The van der Waals surface area contributed by atoms with Gasteiger partial charge in [0.2, 0.25) is 0 Å².